The quantitative estimate of drug-likeness (QED) is 0.925. The Morgan fingerprint density at radius 3 is 2.45 bits per heavy atom. The molecule has 0 bridgehead atoms. The number of nitrogens with zero attached hydrogens (tertiary/aromatic N) is 2. The molecule has 0 radical (unpaired) electrons. The van der Waals surface area contributed by atoms with Gasteiger partial charge in [-0.1, -0.05) is 6.07 Å². The fraction of sp³-hybridized carbons (Fsp3) is 0.267. The molecule has 1 aromatic carbocycles. The first-order chi connectivity index (χ1) is 9.47. The summed E-state index contributed by atoms with van der Waals surface area (Å²) >= 11 is 0. The molecular weight excluding hydrogens is 260 g/mol. The predicted molar refractivity (Wildman–Crippen MR) is 77.0 cm³/mol. The molecule has 20 heavy (non-hydrogen) atoms. The third-order valence-electron chi connectivity index (χ3n) is 3.02. The minimum Gasteiger partial charge on any atom is -0.377 e. The minimum atomic E-state index is -0.574. The summed E-state index contributed by atoms with van der Waals surface area (Å²) in [6.07, 6.45) is 1.69. The van der Waals surface area contributed by atoms with E-state index in [0.29, 0.717) is 5.56 Å². The molecule has 3 nitrogen and oxygen atoms in total. The first-order valence-electron chi connectivity index (χ1n) is 6.32. The summed E-state index contributed by atoms with van der Waals surface area (Å²) in [4.78, 5) is 6.17. The van der Waals surface area contributed by atoms with Gasteiger partial charge in [0.15, 0.2) is 0 Å². The largest absolute Gasteiger partial charge is 0.377 e. The van der Waals surface area contributed by atoms with Gasteiger partial charge in [-0.15, -0.1) is 0 Å². The normalized spacial score (nSPS) is 12.1. The molecule has 0 aliphatic carbocycles. The summed E-state index contributed by atoms with van der Waals surface area (Å²) < 4.78 is 26.6. The smallest absolute Gasteiger partial charge is 0.131 e. The average Bonchev–Trinajstić information content (AvgIpc) is 2.39. The van der Waals surface area contributed by atoms with Crippen LogP contribution in [0.2, 0.25) is 0 Å². The number of nitrogens with one attached hydrogen (secondary N) is 1. The lowest BCUT2D eigenvalue weighted by molar-refractivity contribution is 0.566. The van der Waals surface area contributed by atoms with Gasteiger partial charge in [0.2, 0.25) is 0 Å². The standard InChI is InChI=1S/C15H17F2N3/c1-10(13-6-4-11(16)8-14(13)17)19-12-5-7-15(18-9-12)20(2)3/h4-10,19H,1-3H3. The summed E-state index contributed by atoms with van der Waals surface area (Å²) in [5.41, 5.74) is 1.20. The first-order valence-corrected chi connectivity index (χ1v) is 6.32. The van der Waals surface area contributed by atoms with Crippen molar-refractivity contribution in [3.63, 3.8) is 0 Å². The molecule has 0 amide bonds. The Kier molecular flexibility index (Phi) is 4.17. The van der Waals surface area contributed by atoms with Crippen molar-refractivity contribution in [1.29, 1.82) is 0 Å². The number of pyridine rings is 1. The Morgan fingerprint density at radius 1 is 1.15 bits per heavy atom. The number of rotatable bonds is 4. The molecule has 1 unspecified atom stereocenters. The number of hydrogen-bond acceptors (Lipinski definition) is 3. The van der Waals surface area contributed by atoms with E-state index < -0.39 is 11.6 Å². The lowest BCUT2D eigenvalue weighted by Crippen LogP contribution is -2.12. The van der Waals surface area contributed by atoms with E-state index in [0.717, 1.165) is 17.6 Å². The molecule has 1 atom stereocenters. The molecule has 1 aromatic heterocycles. The summed E-state index contributed by atoms with van der Waals surface area (Å²) in [5, 5.41) is 3.14. The Balaban J connectivity index is 2.12. The van der Waals surface area contributed by atoms with Crippen molar-refractivity contribution in [2.75, 3.05) is 24.3 Å². The van der Waals surface area contributed by atoms with Crippen molar-refractivity contribution in [2.45, 2.75) is 13.0 Å². The molecule has 1 heterocycles. The fourth-order valence-corrected chi connectivity index (χ4v) is 1.92. The molecule has 0 aliphatic heterocycles. The van der Waals surface area contributed by atoms with Gasteiger partial charge in [0.25, 0.3) is 0 Å². The SMILES string of the molecule is CC(Nc1ccc(N(C)C)nc1)c1ccc(F)cc1F. The van der Waals surface area contributed by atoms with Crippen molar-refractivity contribution in [2.24, 2.45) is 0 Å². The van der Waals surface area contributed by atoms with Crippen molar-refractivity contribution in [3.05, 3.63) is 53.7 Å². The van der Waals surface area contributed by atoms with E-state index >= 15 is 0 Å². The van der Waals surface area contributed by atoms with Crippen molar-refractivity contribution < 1.29 is 8.78 Å². The molecule has 0 aliphatic rings. The highest BCUT2D eigenvalue weighted by atomic mass is 19.1. The Morgan fingerprint density at radius 2 is 1.90 bits per heavy atom. The first kappa shape index (κ1) is 14.2. The second kappa shape index (κ2) is 5.86. The average molecular weight is 277 g/mol. The second-order valence-electron chi connectivity index (χ2n) is 4.83. The van der Waals surface area contributed by atoms with Crippen LogP contribution in [0.5, 0.6) is 0 Å². The zero-order valence-corrected chi connectivity index (χ0v) is 11.7. The Bertz CT molecular complexity index is 582. The number of halogens is 2. The van der Waals surface area contributed by atoms with E-state index in [1.807, 2.05) is 38.1 Å². The molecule has 106 valence electrons. The monoisotopic (exact) mass is 277 g/mol. The zero-order valence-electron chi connectivity index (χ0n) is 11.7. The van der Waals surface area contributed by atoms with Crippen LogP contribution < -0.4 is 10.2 Å². The molecule has 0 spiro atoms. The number of anilines is 2. The molecule has 2 aromatic rings. The maximum atomic E-state index is 13.7. The van der Waals surface area contributed by atoms with Crippen LogP contribution in [-0.2, 0) is 0 Å². The molecule has 0 saturated carbocycles. The lowest BCUT2D eigenvalue weighted by atomic mass is 10.1. The van der Waals surface area contributed by atoms with Crippen LogP contribution in [0, 0.1) is 11.6 Å². The predicted octanol–water partition coefficient (Wildman–Crippen LogP) is 3.60. The van der Waals surface area contributed by atoms with Gasteiger partial charge >= 0.3 is 0 Å². The van der Waals surface area contributed by atoms with E-state index in [9.17, 15) is 8.78 Å². The van der Waals surface area contributed by atoms with Crippen LogP contribution in [0.25, 0.3) is 0 Å². The Hall–Kier alpha value is -2.17. The zero-order chi connectivity index (χ0) is 14.7. The van der Waals surface area contributed by atoms with Crippen LogP contribution >= 0.6 is 0 Å². The fourth-order valence-electron chi connectivity index (χ4n) is 1.92. The molecular formula is C15H17F2N3. The molecule has 2 rings (SSSR count). The minimum absolute atomic E-state index is 0.275. The van der Waals surface area contributed by atoms with Gasteiger partial charge in [-0.3, -0.25) is 0 Å². The Labute approximate surface area is 117 Å². The van der Waals surface area contributed by atoms with E-state index in [2.05, 4.69) is 10.3 Å². The van der Waals surface area contributed by atoms with Crippen LogP contribution in [0.3, 0.4) is 0 Å². The third-order valence-corrected chi connectivity index (χ3v) is 3.02. The topological polar surface area (TPSA) is 28.2 Å². The van der Waals surface area contributed by atoms with Gasteiger partial charge in [-0.05, 0) is 25.1 Å². The maximum absolute atomic E-state index is 13.7. The van der Waals surface area contributed by atoms with E-state index in [1.165, 1.54) is 12.1 Å². The highest BCUT2D eigenvalue weighted by Gasteiger charge is 2.11. The summed E-state index contributed by atoms with van der Waals surface area (Å²) in [7, 11) is 3.82. The molecule has 0 fully saturated rings. The lowest BCUT2D eigenvalue weighted by Gasteiger charge is -2.17. The van der Waals surface area contributed by atoms with Gasteiger partial charge in [-0.25, -0.2) is 13.8 Å². The molecule has 1 N–H and O–H groups in total. The van der Waals surface area contributed by atoms with Gasteiger partial charge in [0.05, 0.1) is 17.9 Å². The maximum Gasteiger partial charge on any atom is 0.131 e. The summed E-state index contributed by atoms with van der Waals surface area (Å²) in [6, 6.07) is 7.06. The molecule has 0 saturated heterocycles. The third kappa shape index (κ3) is 3.23. The van der Waals surface area contributed by atoms with E-state index in [-0.39, 0.29) is 6.04 Å². The van der Waals surface area contributed by atoms with E-state index in [1.54, 1.807) is 6.20 Å². The van der Waals surface area contributed by atoms with Crippen LogP contribution in [0.1, 0.15) is 18.5 Å². The summed E-state index contributed by atoms with van der Waals surface area (Å²) in [5.74, 6) is -0.283. The van der Waals surface area contributed by atoms with E-state index in [4.69, 9.17) is 0 Å². The van der Waals surface area contributed by atoms with Crippen molar-refractivity contribution in [3.8, 4) is 0 Å². The van der Waals surface area contributed by atoms with Gasteiger partial charge in [0.1, 0.15) is 17.5 Å². The van der Waals surface area contributed by atoms with Gasteiger partial charge in [0, 0.05) is 25.7 Å². The highest BCUT2D eigenvalue weighted by Crippen LogP contribution is 2.22. The van der Waals surface area contributed by atoms with Gasteiger partial charge in [-0.2, -0.15) is 0 Å². The van der Waals surface area contributed by atoms with Crippen LogP contribution in [0.15, 0.2) is 36.5 Å². The number of benzene rings is 1. The number of aromatic nitrogens is 1. The second-order valence-corrected chi connectivity index (χ2v) is 4.83. The van der Waals surface area contributed by atoms with Crippen molar-refractivity contribution in [1.82, 2.24) is 4.98 Å². The van der Waals surface area contributed by atoms with Crippen molar-refractivity contribution >= 4 is 11.5 Å². The number of hydrogen-bond donors (Lipinski definition) is 1. The molecule has 5 heteroatoms. The summed E-state index contributed by atoms with van der Waals surface area (Å²) in [6.45, 7) is 1.82. The van der Waals surface area contributed by atoms with Gasteiger partial charge < -0.3 is 10.2 Å². The van der Waals surface area contributed by atoms with Crippen LogP contribution in [0.4, 0.5) is 20.3 Å². The highest BCUT2D eigenvalue weighted by molar-refractivity contribution is 5.49. The van der Waals surface area contributed by atoms with Crippen LogP contribution in [-0.4, -0.2) is 19.1 Å².